The fourth-order valence-electron chi connectivity index (χ4n) is 5.61. The van der Waals surface area contributed by atoms with Crippen LogP contribution >= 0.6 is 0 Å². The number of carbonyl (C=O) groups excluding carboxylic acids is 1. The molecular weight excluding hydrogens is 492 g/mol. The monoisotopic (exact) mass is 522 g/mol. The van der Waals surface area contributed by atoms with Crippen LogP contribution in [-0.4, -0.2) is 75.1 Å². The van der Waals surface area contributed by atoms with Crippen LogP contribution in [0.1, 0.15) is 24.8 Å². The summed E-state index contributed by atoms with van der Waals surface area (Å²) >= 11 is 0. The lowest BCUT2D eigenvalue weighted by Crippen LogP contribution is -2.49. The van der Waals surface area contributed by atoms with Crippen LogP contribution in [0.3, 0.4) is 0 Å². The SMILES string of the molecule is COCC1=C(C(=O)N2CCN(c3ccc(-c4cc(-c5cnn(C)c5)cn5ncc(C#N)c45)cn3)CC2)CCC1. The number of pyridine rings is 2. The minimum Gasteiger partial charge on any atom is -0.380 e. The second-order valence-electron chi connectivity index (χ2n) is 10.1. The molecule has 10 nitrogen and oxygen atoms in total. The number of piperazine rings is 1. The number of hydrogen-bond donors (Lipinski definition) is 0. The van der Waals surface area contributed by atoms with Gasteiger partial charge in [0.2, 0.25) is 5.91 Å². The first-order valence-electron chi connectivity index (χ1n) is 13.2. The van der Waals surface area contributed by atoms with Crippen molar-refractivity contribution in [2.45, 2.75) is 19.3 Å². The van der Waals surface area contributed by atoms with E-state index >= 15 is 0 Å². The minimum absolute atomic E-state index is 0.161. The molecule has 1 aliphatic heterocycles. The van der Waals surface area contributed by atoms with Gasteiger partial charge in [-0.05, 0) is 43.0 Å². The maximum atomic E-state index is 13.1. The maximum Gasteiger partial charge on any atom is 0.249 e. The molecule has 6 rings (SSSR count). The third-order valence-corrected chi connectivity index (χ3v) is 7.63. The van der Waals surface area contributed by atoms with Crippen molar-refractivity contribution in [2.24, 2.45) is 7.05 Å². The number of aryl methyl sites for hydroxylation is 1. The first-order valence-corrected chi connectivity index (χ1v) is 13.2. The summed E-state index contributed by atoms with van der Waals surface area (Å²) in [6.45, 7) is 3.34. The molecular formula is C29H30N8O2. The van der Waals surface area contributed by atoms with E-state index in [1.54, 1.807) is 22.5 Å². The molecule has 1 aliphatic carbocycles. The van der Waals surface area contributed by atoms with Crippen molar-refractivity contribution in [3.05, 3.63) is 65.9 Å². The lowest BCUT2D eigenvalue weighted by Gasteiger charge is -2.36. The highest BCUT2D eigenvalue weighted by Crippen LogP contribution is 2.33. The normalized spacial score (nSPS) is 15.8. The Balaban J connectivity index is 1.22. The van der Waals surface area contributed by atoms with Gasteiger partial charge in [-0.1, -0.05) is 0 Å². The van der Waals surface area contributed by atoms with Crippen molar-refractivity contribution >= 4 is 17.2 Å². The molecule has 39 heavy (non-hydrogen) atoms. The minimum atomic E-state index is 0.161. The summed E-state index contributed by atoms with van der Waals surface area (Å²) in [4.78, 5) is 22.1. The standard InChI is InChI=1S/C29H30N8O2/c1-34-17-24(16-32-34)22-12-26(28-23(13-30)15-33-37(28)18-22)20-6-7-27(31-14-20)35-8-10-36(11-9-35)29(38)25-5-3-4-21(25)19-39-2/h6-7,12,14-18H,3-5,8-11,19H2,1-2H3. The second kappa shape index (κ2) is 10.3. The summed E-state index contributed by atoms with van der Waals surface area (Å²) < 4.78 is 8.81. The number of rotatable bonds is 6. The summed E-state index contributed by atoms with van der Waals surface area (Å²) in [5, 5.41) is 18.4. The van der Waals surface area contributed by atoms with Crippen LogP contribution < -0.4 is 4.90 Å². The zero-order chi connectivity index (χ0) is 26.9. The number of ether oxygens (including phenoxy) is 1. The Morgan fingerprint density at radius 1 is 1.03 bits per heavy atom. The fourth-order valence-corrected chi connectivity index (χ4v) is 5.61. The first-order chi connectivity index (χ1) is 19.1. The van der Waals surface area contributed by atoms with E-state index in [9.17, 15) is 10.1 Å². The van der Waals surface area contributed by atoms with E-state index in [-0.39, 0.29) is 5.91 Å². The van der Waals surface area contributed by atoms with E-state index in [4.69, 9.17) is 9.72 Å². The summed E-state index contributed by atoms with van der Waals surface area (Å²) in [5.41, 5.74) is 7.07. The third kappa shape index (κ3) is 4.66. The number of carbonyl (C=O) groups is 1. The maximum absolute atomic E-state index is 13.1. The lowest BCUT2D eigenvalue weighted by atomic mass is 10.0. The van der Waals surface area contributed by atoms with Gasteiger partial charge in [-0.2, -0.15) is 15.5 Å². The van der Waals surface area contributed by atoms with Gasteiger partial charge in [0.05, 0.1) is 30.1 Å². The molecule has 1 fully saturated rings. The van der Waals surface area contributed by atoms with Gasteiger partial charge >= 0.3 is 0 Å². The summed E-state index contributed by atoms with van der Waals surface area (Å²) in [5.74, 6) is 1.04. The number of hydrogen-bond acceptors (Lipinski definition) is 7. The van der Waals surface area contributed by atoms with Crippen LogP contribution in [0, 0.1) is 11.3 Å². The van der Waals surface area contributed by atoms with Crippen LogP contribution in [0.4, 0.5) is 5.82 Å². The molecule has 1 saturated heterocycles. The Bertz CT molecular complexity index is 1600. The number of nitriles is 1. The summed E-state index contributed by atoms with van der Waals surface area (Å²) in [6.07, 6.45) is 12.0. The van der Waals surface area contributed by atoms with Gasteiger partial charge in [0.15, 0.2) is 0 Å². The second-order valence-corrected chi connectivity index (χ2v) is 10.1. The molecule has 0 radical (unpaired) electrons. The first kappa shape index (κ1) is 24.8. The molecule has 10 heteroatoms. The fraction of sp³-hybridized carbons (Fsp3) is 0.345. The number of nitrogens with zero attached hydrogens (tertiary/aromatic N) is 8. The highest BCUT2D eigenvalue weighted by molar-refractivity contribution is 5.95. The molecule has 0 aromatic carbocycles. The molecule has 0 bridgehead atoms. The van der Waals surface area contributed by atoms with Crippen LogP contribution in [0.5, 0.6) is 0 Å². The van der Waals surface area contributed by atoms with Gasteiger partial charge in [0.1, 0.15) is 11.9 Å². The molecule has 0 saturated carbocycles. The van der Waals surface area contributed by atoms with Crippen LogP contribution in [0.2, 0.25) is 0 Å². The Kier molecular flexibility index (Phi) is 6.59. The Morgan fingerprint density at radius 3 is 2.56 bits per heavy atom. The van der Waals surface area contributed by atoms with Gasteiger partial charge in [-0.15, -0.1) is 0 Å². The van der Waals surface area contributed by atoms with Crippen molar-refractivity contribution in [3.8, 4) is 28.3 Å². The molecule has 4 aromatic rings. The smallest absolute Gasteiger partial charge is 0.249 e. The van der Waals surface area contributed by atoms with Gasteiger partial charge in [0, 0.05) is 86.8 Å². The predicted octanol–water partition coefficient (Wildman–Crippen LogP) is 3.44. The average Bonchev–Trinajstić information content (AvgIpc) is 3.72. The van der Waals surface area contributed by atoms with Crippen molar-refractivity contribution < 1.29 is 9.53 Å². The van der Waals surface area contributed by atoms with Crippen LogP contribution in [-0.2, 0) is 16.6 Å². The molecule has 2 aliphatic rings. The lowest BCUT2D eigenvalue weighted by molar-refractivity contribution is -0.127. The van der Waals surface area contributed by atoms with Gasteiger partial charge in [0.25, 0.3) is 0 Å². The molecule has 0 spiro atoms. The number of fused-ring (bicyclic) bond motifs is 1. The topological polar surface area (TPSA) is 105 Å². The van der Waals surface area contributed by atoms with Gasteiger partial charge < -0.3 is 14.5 Å². The third-order valence-electron chi connectivity index (χ3n) is 7.63. The summed E-state index contributed by atoms with van der Waals surface area (Å²) in [6, 6.07) is 8.37. The van der Waals surface area contributed by atoms with E-state index in [1.807, 2.05) is 48.9 Å². The van der Waals surface area contributed by atoms with E-state index in [0.29, 0.717) is 25.3 Å². The molecule has 5 heterocycles. The number of methoxy groups -OCH3 is 1. The van der Waals surface area contributed by atoms with E-state index in [0.717, 1.165) is 77.1 Å². The van der Waals surface area contributed by atoms with Crippen LogP contribution in [0.25, 0.3) is 27.8 Å². The molecule has 4 aromatic heterocycles. The predicted molar refractivity (Wildman–Crippen MR) is 147 cm³/mol. The highest BCUT2D eigenvalue weighted by Gasteiger charge is 2.28. The van der Waals surface area contributed by atoms with E-state index < -0.39 is 0 Å². The zero-order valence-electron chi connectivity index (χ0n) is 22.2. The molecule has 0 unspecified atom stereocenters. The largest absolute Gasteiger partial charge is 0.380 e. The molecule has 198 valence electrons. The average molecular weight is 523 g/mol. The van der Waals surface area contributed by atoms with Gasteiger partial charge in [-0.3, -0.25) is 9.48 Å². The van der Waals surface area contributed by atoms with Crippen molar-refractivity contribution in [1.29, 1.82) is 5.26 Å². The number of amides is 1. The Labute approximate surface area is 226 Å². The number of anilines is 1. The highest BCUT2D eigenvalue weighted by atomic mass is 16.5. The van der Waals surface area contributed by atoms with E-state index in [2.05, 4.69) is 27.2 Å². The van der Waals surface area contributed by atoms with Crippen molar-refractivity contribution in [1.82, 2.24) is 29.3 Å². The Morgan fingerprint density at radius 2 is 1.87 bits per heavy atom. The van der Waals surface area contributed by atoms with Crippen molar-refractivity contribution in [2.75, 3.05) is 44.8 Å². The van der Waals surface area contributed by atoms with Crippen LogP contribution in [0.15, 0.2) is 60.3 Å². The molecule has 1 amide bonds. The van der Waals surface area contributed by atoms with Crippen molar-refractivity contribution in [3.63, 3.8) is 0 Å². The quantitative estimate of drug-likeness (QED) is 0.382. The molecule has 0 N–H and O–H groups in total. The Hall–Kier alpha value is -4.49. The van der Waals surface area contributed by atoms with E-state index in [1.165, 1.54) is 0 Å². The zero-order valence-corrected chi connectivity index (χ0v) is 22.2. The number of aromatic nitrogens is 5. The molecule has 0 atom stereocenters. The van der Waals surface area contributed by atoms with Gasteiger partial charge in [-0.25, -0.2) is 9.50 Å². The summed E-state index contributed by atoms with van der Waals surface area (Å²) in [7, 11) is 3.57.